The maximum atomic E-state index is 9.43. The smallest absolute Gasteiger partial charge is 0.0416 e. The Morgan fingerprint density at radius 2 is 2.06 bits per heavy atom. The molecule has 0 aromatic carbocycles. The van der Waals surface area contributed by atoms with Gasteiger partial charge in [0.25, 0.3) is 0 Å². The average Bonchev–Trinajstić information content (AvgIpc) is 2.67. The summed E-state index contributed by atoms with van der Waals surface area (Å²) in [5.74, 6) is 0.949. The first kappa shape index (κ1) is 22.3. The van der Waals surface area contributed by atoms with Crippen LogP contribution in [0, 0.1) is 5.92 Å². The van der Waals surface area contributed by atoms with Crippen LogP contribution in [0.15, 0.2) is 0 Å². The molecule has 0 aromatic rings. The van der Waals surface area contributed by atoms with Crippen molar-refractivity contribution in [2.24, 2.45) is 5.92 Å². The largest absolute Gasteiger partial charge is 0.656 e. The minimum atomic E-state index is 0. The summed E-state index contributed by atoms with van der Waals surface area (Å²) in [5, 5.41) is 11.4. The number of carbonyl (C=O) groups is 1. The third kappa shape index (κ3) is 18.6. The summed E-state index contributed by atoms with van der Waals surface area (Å²) in [6, 6.07) is 0. The van der Waals surface area contributed by atoms with Crippen LogP contribution in [0.25, 0.3) is 5.32 Å². The Kier molecular flexibility index (Phi) is 24.1. The first-order valence-electron chi connectivity index (χ1n) is 6.10. The number of carbonyl (C=O) groups excluding carboxylic acids is 1. The molecule has 4 nitrogen and oxygen atoms in total. The number of amides is 1. The van der Waals surface area contributed by atoms with E-state index in [0.717, 1.165) is 5.92 Å². The third-order valence-electron chi connectivity index (χ3n) is 2.15. The molecule has 0 spiro atoms. The fraction of sp³-hybridized carbons (Fsp3) is 0.917. The van der Waals surface area contributed by atoms with Gasteiger partial charge in [-0.1, -0.05) is 20.8 Å². The van der Waals surface area contributed by atoms with Crippen molar-refractivity contribution >= 4 is 6.41 Å². The van der Waals surface area contributed by atoms with E-state index in [2.05, 4.69) is 24.2 Å². The number of aliphatic hydroxyl groups is 1. The van der Waals surface area contributed by atoms with Crippen LogP contribution in [-0.4, -0.2) is 49.7 Å². The van der Waals surface area contributed by atoms with Gasteiger partial charge in [-0.3, -0.25) is 0 Å². The number of hydrogen-bond donors (Lipinski definition) is 1. The fourth-order valence-electron chi connectivity index (χ4n) is 1.37. The molecule has 0 bridgehead atoms. The van der Waals surface area contributed by atoms with Crippen molar-refractivity contribution in [1.29, 1.82) is 0 Å². The minimum Gasteiger partial charge on any atom is -0.656 e. The average molecular weight is 418 g/mol. The predicted molar refractivity (Wildman–Crippen MR) is 68.6 cm³/mol. The molecule has 1 N–H and O–H groups in total. The molecule has 1 unspecified atom stereocenters. The Morgan fingerprint density at radius 1 is 1.47 bits per heavy atom. The van der Waals surface area contributed by atoms with Crippen molar-refractivity contribution in [2.75, 3.05) is 33.3 Å². The van der Waals surface area contributed by atoms with Crippen molar-refractivity contribution in [3.05, 3.63) is 5.32 Å². The van der Waals surface area contributed by atoms with Crippen LogP contribution >= 0.6 is 0 Å². The van der Waals surface area contributed by atoms with Crippen molar-refractivity contribution in [3.63, 3.8) is 0 Å². The number of rotatable bonds is 4. The van der Waals surface area contributed by atoms with Gasteiger partial charge < -0.3 is 20.1 Å². The predicted octanol–water partition coefficient (Wildman–Crippen LogP) is 1.88. The zero-order chi connectivity index (χ0) is 12.8. The molecule has 105 valence electrons. The normalized spacial score (nSPS) is 17.8. The van der Waals surface area contributed by atoms with Gasteiger partial charge in [0.05, 0.1) is 0 Å². The first-order valence-corrected chi connectivity index (χ1v) is 6.10. The number of nitrogens with zero attached hydrogens (tertiary/aromatic N) is 2. The molecule has 1 amide bonds. The topological polar surface area (TPSA) is 54.6 Å². The SMILES string of the molecule is CC.CC1CCN(C)C1.O=C[N-]CCCO.[Re]. The minimum absolute atomic E-state index is 0. The summed E-state index contributed by atoms with van der Waals surface area (Å²) >= 11 is 0. The Balaban J connectivity index is -0.000000191. The summed E-state index contributed by atoms with van der Waals surface area (Å²) in [6.45, 7) is 9.47. The summed E-state index contributed by atoms with van der Waals surface area (Å²) in [5.41, 5.74) is 0. The Morgan fingerprint density at radius 3 is 2.29 bits per heavy atom. The molecule has 0 saturated carbocycles. The third-order valence-corrected chi connectivity index (χ3v) is 2.15. The Bertz CT molecular complexity index is 140. The second-order valence-electron chi connectivity index (χ2n) is 3.74. The van der Waals surface area contributed by atoms with E-state index < -0.39 is 0 Å². The second-order valence-corrected chi connectivity index (χ2v) is 3.74. The molecular weight excluding hydrogens is 390 g/mol. The molecule has 1 fully saturated rings. The standard InChI is InChI=1S/C6H13N.C4H9NO2.C2H6.Re/c1-6-3-4-7(2)5-6;6-3-1-2-5-4-7;1-2;/h6H,3-5H2,1-2H3;4,6H,1-3H2,(H,5,7);1-2H3;/p-1. The van der Waals surface area contributed by atoms with E-state index in [-0.39, 0.29) is 27.0 Å². The quantitative estimate of drug-likeness (QED) is 0.561. The van der Waals surface area contributed by atoms with Gasteiger partial charge >= 0.3 is 0 Å². The van der Waals surface area contributed by atoms with E-state index in [1.54, 1.807) is 0 Å². The molecule has 5 heteroatoms. The van der Waals surface area contributed by atoms with Crippen LogP contribution in [-0.2, 0) is 25.2 Å². The van der Waals surface area contributed by atoms with Crippen LogP contribution in [0.2, 0.25) is 0 Å². The maximum absolute atomic E-state index is 9.43. The summed E-state index contributed by atoms with van der Waals surface area (Å²) in [7, 11) is 2.18. The molecule has 1 atom stereocenters. The van der Waals surface area contributed by atoms with Crippen molar-refractivity contribution < 1.29 is 30.3 Å². The molecule has 1 radical (unpaired) electrons. The van der Waals surface area contributed by atoms with Gasteiger partial charge in [-0.15, -0.1) is 6.54 Å². The molecule has 1 saturated heterocycles. The molecule has 17 heavy (non-hydrogen) atoms. The Hall–Kier alpha value is 0.0523. The maximum Gasteiger partial charge on any atom is 0.0416 e. The van der Waals surface area contributed by atoms with E-state index in [4.69, 9.17) is 5.11 Å². The molecule has 0 aromatic heterocycles. The van der Waals surface area contributed by atoms with Crippen LogP contribution < -0.4 is 0 Å². The molecule has 1 aliphatic rings. The zero-order valence-corrected chi connectivity index (χ0v) is 14.2. The van der Waals surface area contributed by atoms with Gasteiger partial charge in [0, 0.05) is 40.0 Å². The zero-order valence-electron chi connectivity index (χ0n) is 11.5. The van der Waals surface area contributed by atoms with E-state index in [9.17, 15) is 4.79 Å². The van der Waals surface area contributed by atoms with E-state index in [0.29, 0.717) is 19.4 Å². The van der Waals surface area contributed by atoms with Gasteiger partial charge in [0.15, 0.2) is 0 Å². The van der Waals surface area contributed by atoms with Gasteiger partial charge in [0.1, 0.15) is 0 Å². The van der Waals surface area contributed by atoms with Gasteiger partial charge in [-0.05, 0) is 32.4 Å². The van der Waals surface area contributed by atoms with Crippen LogP contribution in [0.4, 0.5) is 0 Å². The van der Waals surface area contributed by atoms with E-state index >= 15 is 0 Å². The summed E-state index contributed by atoms with van der Waals surface area (Å²) < 4.78 is 0. The first-order chi connectivity index (χ1) is 7.70. The van der Waals surface area contributed by atoms with E-state index in [1.807, 2.05) is 13.8 Å². The fourth-order valence-corrected chi connectivity index (χ4v) is 1.37. The number of hydrogen-bond acceptors (Lipinski definition) is 3. The van der Waals surface area contributed by atoms with Gasteiger partial charge in [-0.25, -0.2) is 0 Å². The number of likely N-dealkylation sites (tertiary alicyclic amines) is 1. The number of aliphatic hydroxyl groups excluding tert-OH is 1. The Labute approximate surface area is 120 Å². The van der Waals surface area contributed by atoms with Crippen LogP contribution in [0.5, 0.6) is 0 Å². The molecular formula is C12H27N2O2Re-. The van der Waals surface area contributed by atoms with Crippen LogP contribution in [0.1, 0.15) is 33.6 Å². The summed E-state index contributed by atoms with van der Waals surface area (Å²) in [4.78, 5) is 11.8. The molecule has 1 rings (SSSR count). The van der Waals surface area contributed by atoms with Gasteiger partial charge in [0.2, 0.25) is 0 Å². The molecule has 1 heterocycles. The van der Waals surface area contributed by atoms with Crippen molar-refractivity contribution in [2.45, 2.75) is 33.6 Å². The summed E-state index contributed by atoms with van der Waals surface area (Å²) in [6.07, 6.45) is 2.48. The van der Waals surface area contributed by atoms with E-state index in [1.165, 1.54) is 19.5 Å². The second kappa shape index (κ2) is 18.4. The van der Waals surface area contributed by atoms with Crippen LogP contribution in [0.3, 0.4) is 0 Å². The monoisotopic (exact) mass is 418 g/mol. The molecule has 0 aliphatic carbocycles. The van der Waals surface area contributed by atoms with Crippen molar-refractivity contribution in [1.82, 2.24) is 4.90 Å². The van der Waals surface area contributed by atoms with Gasteiger partial charge in [-0.2, -0.15) is 0 Å². The molecule has 1 aliphatic heterocycles. The van der Waals surface area contributed by atoms with Crippen molar-refractivity contribution in [3.8, 4) is 0 Å².